The monoisotopic (exact) mass is 432 g/mol. The van der Waals surface area contributed by atoms with Crippen molar-refractivity contribution in [2.45, 2.75) is 29.6 Å². The number of rotatable bonds is 8. The first kappa shape index (κ1) is 19.6. The average molecular weight is 433 g/mol. The Bertz CT molecular complexity index is 850. The lowest BCUT2D eigenvalue weighted by Crippen LogP contribution is -2.47. The van der Waals surface area contributed by atoms with Gasteiger partial charge in [-0.1, -0.05) is 29.2 Å². The predicted molar refractivity (Wildman–Crippen MR) is 107 cm³/mol. The first-order chi connectivity index (χ1) is 12.3. The number of thioether (sulfide) groups is 1. The van der Waals surface area contributed by atoms with Gasteiger partial charge >= 0.3 is 0 Å². The van der Waals surface area contributed by atoms with Crippen LogP contribution in [-0.2, 0) is 21.1 Å². The minimum atomic E-state index is -3.04. The molecule has 1 saturated heterocycles. The number of hydrogen-bond donors (Lipinski definition) is 2. The van der Waals surface area contributed by atoms with Crippen LogP contribution >= 0.6 is 34.4 Å². The standard InChI is InChI=1S/C15H20N4O3S4/c1-15(5-8-26(21,22)10-15)17-12(20)9-24-14-19-18-13(25-14)16-6-4-11-3-2-7-23-11/h2-3,7H,4-6,8-10H2,1H3,(H,16,18)(H,17,20). The molecule has 7 nitrogen and oxygen atoms in total. The van der Waals surface area contributed by atoms with Gasteiger partial charge in [0, 0.05) is 11.4 Å². The van der Waals surface area contributed by atoms with Crippen LogP contribution in [0.2, 0.25) is 0 Å². The molecular weight excluding hydrogens is 412 g/mol. The molecule has 0 radical (unpaired) electrons. The van der Waals surface area contributed by atoms with Gasteiger partial charge < -0.3 is 10.6 Å². The van der Waals surface area contributed by atoms with Crippen molar-refractivity contribution >= 4 is 55.3 Å². The number of carbonyl (C=O) groups excluding carboxylic acids is 1. The molecule has 2 aromatic rings. The molecule has 2 aromatic heterocycles. The maximum absolute atomic E-state index is 12.1. The fourth-order valence-corrected chi connectivity index (χ4v) is 7.08. The Morgan fingerprint density at radius 1 is 1.42 bits per heavy atom. The average Bonchev–Trinajstić information content (AvgIpc) is 3.27. The van der Waals surface area contributed by atoms with Gasteiger partial charge in [-0.2, -0.15) is 0 Å². The number of amides is 1. The van der Waals surface area contributed by atoms with Crippen LogP contribution in [0.25, 0.3) is 0 Å². The normalized spacial score (nSPS) is 21.6. The molecule has 11 heteroatoms. The van der Waals surface area contributed by atoms with Gasteiger partial charge in [0.05, 0.1) is 22.8 Å². The van der Waals surface area contributed by atoms with E-state index in [1.165, 1.54) is 28.0 Å². The van der Waals surface area contributed by atoms with Crippen molar-refractivity contribution in [3.05, 3.63) is 22.4 Å². The summed E-state index contributed by atoms with van der Waals surface area (Å²) in [6, 6.07) is 4.13. The number of carbonyl (C=O) groups is 1. The van der Waals surface area contributed by atoms with Gasteiger partial charge in [0.25, 0.3) is 0 Å². The zero-order chi connectivity index (χ0) is 18.6. The molecule has 0 saturated carbocycles. The van der Waals surface area contributed by atoms with Crippen LogP contribution in [0.15, 0.2) is 21.9 Å². The Labute approximate surface area is 164 Å². The van der Waals surface area contributed by atoms with E-state index in [0.717, 1.165) is 18.1 Å². The fourth-order valence-electron chi connectivity index (χ4n) is 2.70. The minimum absolute atomic E-state index is 0.00746. The van der Waals surface area contributed by atoms with E-state index in [2.05, 4.69) is 32.3 Å². The summed E-state index contributed by atoms with van der Waals surface area (Å²) in [5.74, 6) is 0.151. The number of thiophene rings is 1. The lowest BCUT2D eigenvalue weighted by atomic mass is 10.0. The lowest BCUT2D eigenvalue weighted by molar-refractivity contribution is -0.120. The largest absolute Gasteiger partial charge is 0.360 e. The number of sulfone groups is 1. The van der Waals surface area contributed by atoms with Gasteiger partial charge in [-0.05, 0) is 31.2 Å². The summed E-state index contributed by atoms with van der Waals surface area (Å²) in [5, 5.41) is 17.0. The van der Waals surface area contributed by atoms with Gasteiger partial charge in [0.2, 0.25) is 11.0 Å². The zero-order valence-electron chi connectivity index (χ0n) is 14.2. The van der Waals surface area contributed by atoms with Crippen LogP contribution in [0.1, 0.15) is 18.2 Å². The van der Waals surface area contributed by atoms with Crippen molar-refractivity contribution in [2.75, 3.05) is 29.1 Å². The quantitative estimate of drug-likeness (QED) is 0.616. The molecule has 0 spiro atoms. The van der Waals surface area contributed by atoms with Crippen molar-refractivity contribution in [3.8, 4) is 0 Å². The van der Waals surface area contributed by atoms with E-state index in [1.54, 1.807) is 18.3 Å². The molecule has 0 aliphatic carbocycles. The van der Waals surface area contributed by atoms with Crippen LogP contribution in [0.4, 0.5) is 5.13 Å². The number of nitrogens with zero attached hydrogens (tertiary/aromatic N) is 2. The van der Waals surface area contributed by atoms with E-state index in [1.807, 2.05) is 6.07 Å². The smallest absolute Gasteiger partial charge is 0.230 e. The Kier molecular flexibility index (Phi) is 6.21. The van der Waals surface area contributed by atoms with E-state index in [4.69, 9.17) is 0 Å². The fraction of sp³-hybridized carbons (Fsp3) is 0.533. The number of aromatic nitrogens is 2. The molecule has 2 N–H and O–H groups in total. The van der Waals surface area contributed by atoms with E-state index in [9.17, 15) is 13.2 Å². The van der Waals surface area contributed by atoms with Crippen molar-refractivity contribution < 1.29 is 13.2 Å². The Balaban J connectivity index is 1.41. The highest BCUT2D eigenvalue weighted by molar-refractivity contribution is 8.01. The van der Waals surface area contributed by atoms with Crippen LogP contribution in [-0.4, -0.2) is 53.9 Å². The first-order valence-corrected chi connectivity index (χ1v) is 12.6. The highest BCUT2D eigenvalue weighted by Gasteiger charge is 2.39. The molecule has 3 rings (SSSR count). The highest BCUT2D eigenvalue weighted by Crippen LogP contribution is 2.26. The second kappa shape index (κ2) is 8.24. The summed E-state index contributed by atoms with van der Waals surface area (Å²) in [7, 11) is -3.04. The van der Waals surface area contributed by atoms with Crippen molar-refractivity contribution in [1.29, 1.82) is 0 Å². The summed E-state index contributed by atoms with van der Waals surface area (Å²) in [4.78, 5) is 13.4. The molecule has 142 valence electrons. The summed E-state index contributed by atoms with van der Waals surface area (Å²) >= 11 is 4.45. The van der Waals surface area contributed by atoms with Crippen molar-refractivity contribution in [2.24, 2.45) is 0 Å². The third-order valence-corrected chi connectivity index (χ3v) is 8.76. The third kappa shape index (κ3) is 5.66. The molecule has 1 aliphatic heterocycles. The van der Waals surface area contributed by atoms with Gasteiger partial charge in [-0.25, -0.2) is 8.42 Å². The molecule has 1 fully saturated rings. The van der Waals surface area contributed by atoms with Crippen LogP contribution < -0.4 is 10.6 Å². The molecule has 1 amide bonds. The summed E-state index contributed by atoms with van der Waals surface area (Å²) in [6.45, 7) is 2.56. The van der Waals surface area contributed by atoms with Crippen LogP contribution in [0, 0.1) is 0 Å². The van der Waals surface area contributed by atoms with Gasteiger partial charge in [-0.3, -0.25) is 4.79 Å². The predicted octanol–water partition coefficient (Wildman–Crippen LogP) is 2.04. The molecule has 0 aromatic carbocycles. The maximum Gasteiger partial charge on any atom is 0.230 e. The Morgan fingerprint density at radius 2 is 2.27 bits per heavy atom. The molecule has 1 atom stereocenters. The third-order valence-electron chi connectivity index (χ3n) is 3.91. The topological polar surface area (TPSA) is 101 Å². The highest BCUT2D eigenvalue weighted by atomic mass is 32.2. The number of nitrogens with one attached hydrogen (secondary N) is 2. The van der Waals surface area contributed by atoms with Gasteiger partial charge in [0.1, 0.15) is 0 Å². The summed E-state index contributed by atoms with van der Waals surface area (Å²) < 4.78 is 23.9. The van der Waals surface area contributed by atoms with Crippen molar-refractivity contribution in [1.82, 2.24) is 15.5 Å². The minimum Gasteiger partial charge on any atom is -0.360 e. The van der Waals surface area contributed by atoms with Crippen LogP contribution in [0.5, 0.6) is 0 Å². The summed E-state index contributed by atoms with van der Waals surface area (Å²) in [6.07, 6.45) is 1.40. The van der Waals surface area contributed by atoms with E-state index in [0.29, 0.717) is 10.8 Å². The van der Waals surface area contributed by atoms with Crippen molar-refractivity contribution in [3.63, 3.8) is 0 Å². The maximum atomic E-state index is 12.1. The Hall–Kier alpha value is -1.17. The molecular formula is C15H20N4O3S4. The molecule has 3 heterocycles. The van der Waals surface area contributed by atoms with Gasteiger partial charge in [0.15, 0.2) is 14.2 Å². The number of anilines is 1. The Morgan fingerprint density at radius 3 is 2.96 bits per heavy atom. The molecule has 26 heavy (non-hydrogen) atoms. The second-order valence-corrected chi connectivity index (χ2v) is 11.8. The lowest BCUT2D eigenvalue weighted by Gasteiger charge is -2.23. The zero-order valence-corrected chi connectivity index (χ0v) is 17.5. The molecule has 0 bridgehead atoms. The molecule has 1 unspecified atom stereocenters. The van der Waals surface area contributed by atoms with E-state index >= 15 is 0 Å². The SMILES string of the molecule is CC1(NC(=O)CSc2nnc(NCCc3cccs3)s2)CCS(=O)(=O)C1. The van der Waals surface area contributed by atoms with E-state index in [-0.39, 0.29) is 23.2 Å². The van der Waals surface area contributed by atoms with Crippen LogP contribution in [0.3, 0.4) is 0 Å². The van der Waals surface area contributed by atoms with E-state index < -0.39 is 15.4 Å². The number of hydrogen-bond acceptors (Lipinski definition) is 9. The summed E-state index contributed by atoms with van der Waals surface area (Å²) in [5.41, 5.74) is -0.661. The first-order valence-electron chi connectivity index (χ1n) is 8.08. The molecule has 1 aliphatic rings. The second-order valence-electron chi connectivity index (χ2n) is 6.37. The van der Waals surface area contributed by atoms with Gasteiger partial charge in [-0.15, -0.1) is 21.5 Å².